The van der Waals surface area contributed by atoms with Crippen LogP contribution in [0.3, 0.4) is 0 Å². The fourth-order valence-corrected chi connectivity index (χ4v) is 2.26. The van der Waals surface area contributed by atoms with Crippen LogP contribution in [0, 0.1) is 11.8 Å². The van der Waals surface area contributed by atoms with Gasteiger partial charge in [0.2, 0.25) is 0 Å². The molecular formula is C14H13BrF3NO2. The quantitative estimate of drug-likeness (QED) is 0.749. The molecule has 1 aromatic heterocycles. The first-order valence-corrected chi connectivity index (χ1v) is 7.22. The summed E-state index contributed by atoms with van der Waals surface area (Å²) in [5, 5.41) is 0. The fraction of sp³-hybridized carbons (Fsp3) is 0.500. The van der Waals surface area contributed by atoms with Gasteiger partial charge in [-0.05, 0) is 53.2 Å². The summed E-state index contributed by atoms with van der Waals surface area (Å²) in [6, 6.07) is 2.70. The summed E-state index contributed by atoms with van der Waals surface area (Å²) >= 11 is 2.83. The van der Waals surface area contributed by atoms with E-state index in [1.807, 2.05) is 0 Å². The molecule has 2 rings (SSSR count). The molecule has 21 heavy (non-hydrogen) atoms. The third-order valence-electron chi connectivity index (χ3n) is 2.81. The van der Waals surface area contributed by atoms with Gasteiger partial charge in [-0.25, -0.2) is 4.98 Å². The van der Waals surface area contributed by atoms with Crippen molar-refractivity contribution in [3.8, 4) is 11.8 Å². The van der Waals surface area contributed by atoms with Gasteiger partial charge >= 0.3 is 6.18 Å². The monoisotopic (exact) mass is 363 g/mol. The van der Waals surface area contributed by atoms with E-state index in [0.29, 0.717) is 6.61 Å². The molecule has 0 aliphatic carbocycles. The van der Waals surface area contributed by atoms with Gasteiger partial charge < -0.3 is 9.47 Å². The van der Waals surface area contributed by atoms with Crippen molar-refractivity contribution in [2.45, 2.75) is 31.7 Å². The molecule has 2 heterocycles. The number of rotatable bonds is 2. The van der Waals surface area contributed by atoms with Gasteiger partial charge in [0.05, 0.1) is 0 Å². The van der Waals surface area contributed by atoms with Crippen LogP contribution in [0.15, 0.2) is 16.6 Å². The predicted octanol–water partition coefficient (Wildman–Crippen LogP) is 3.76. The minimum absolute atomic E-state index is 0.0543. The lowest BCUT2D eigenvalue weighted by Gasteiger charge is -2.21. The van der Waals surface area contributed by atoms with Gasteiger partial charge in [0.15, 0.2) is 12.0 Å². The van der Waals surface area contributed by atoms with Crippen molar-refractivity contribution in [3.05, 3.63) is 28.0 Å². The lowest BCUT2D eigenvalue weighted by molar-refractivity contribution is -0.154. The topological polar surface area (TPSA) is 31.4 Å². The van der Waals surface area contributed by atoms with Gasteiger partial charge in [-0.15, -0.1) is 0 Å². The van der Waals surface area contributed by atoms with Gasteiger partial charge in [-0.3, -0.25) is 0 Å². The fourth-order valence-electron chi connectivity index (χ4n) is 1.81. The number of halogens is 4. The standard InChI is InChI=1S/C14H13BrF3NO2/c15-11-7-6-10(19-13(11)14(16,17)18)4-3-9-21-12-5-1-2-8-20-12/h6-7,12H,1-2,5,8-9H2. The van der Waals surface area contributed by atoms with E-state index in [1.165, 1.54) is 12.1 Å². The molecule has 0 amide bonds. The zero-order valence-corrected chi connectivity index (χ0v) is 12.6. The Hall–Kier alpha value is -1.10. The molecule has 1 aliphatic heterocycles. The summed E-state index contributed by atoms with van der Waals surface area (Å²) in [6.45, 7) is 0.769. The highest BCUT2D eigenvalue weighted by Gasteiger charge is 2.35. The van der Waals surface area contributed by atoms with Crippen LogP contribution in [0.2, 0.25) is 0 Å². The molecule has 0 N–H and O–H groups in total. The molecule has 1 aromatic rings. The summed E-state index contributed by atoms with van der Waals surface area (Å²) in [5.41, 5.74) is -0.926. The van der Waals surface area contributed by atoms with Crippen molar-refractivity contribution in [3.63, 3.8) is 0 Å². The molecule has 1 unspecified atom stereocenters. The Morgan fingerprint density at radius 2 is 2.19 bits per heavy atom. The van der Waals surface area contributed by atoms with Crippen molar-refractivity contribution in [2.24, 2.45) is 0 Å². The molecule has 1 atom stereocenters. The van der Waals surface area contributed by atoms with Gasteiger partial charge in [0.25, 0.3) is 0 Å². The number of ether oxygens (including phenoxy) is 2. The maximum absolute atomic E-state index is 12.7. The number of hydrogen-bond donors (Lipinski definition) is 0. The normalized spacial score (nSPS) is 19.0. The van der Waals surface area contributed by atoms with E-state index in [9.17, 15) is 13.2 Å². The second-order valence-corrected chi connectivity index (χ2v) is 5.29. The number of nitrogens with zero attached hydrogens (tertiary/aromatic N) is 1. The van der Waals surface area contributed by atoms with Gasteiger partial charge in [-0.2, -0.15) is 13.2 Å². The van der Waals surface area contributed by atoms with E-state index in [0.717, 1.165) is 19.3 Å². The van der Waals surface area contributed by atoms with E-state index >= 15 is 0 Å². The molecule has 0 radical (unpaired) electrons. The minimum Gasteiger partial charge on any atom is -0.353 e. The van der Waals surface area contributed by atoms with E-state index in [4.69, 9.17) is 9.47 Å². The number of aromatic nitrogens is 1. The van der Waals surface area contributed by atoms with Crippen molar-refractivity contribution in [1.29, 1.82) is 0 Å². The molecule has 1 saturated heterocycles. The molecule has 3 nitrogen and oxygen atoms in total. The third-order valence-corrected chi connectivity index (χ3v) is 3.45. The predicted molar refractivity (Wildman–Crippen MR) is 73.4 cm³/mol. The number of alkyl halides is 3. The molecule has 7 heteroatoms. The van der Waals surface area contributed by atoms with Crippen LogP contribution in [0.25, 0.3) is 0 Å². The Morgan fingerprint density at radius 1 is 1.38 bits per heavy atom. The van der Waals surface area contributed by atoms with Crippen molar-refractivity contribution < 1.29 is 22.6 Å². The molecule has 1 fully saturated rings. The Balaban J connectivity index is 1.95. The van der Waals surface area contributed by atoms with Crippen LogP contribution in [-0.4, -0.2) is 24.5 Å². The average Bonchev–Trinajstić information content (AvgIpc) is 2.45. The average molecular weight is 364 g/mol. The van der Waals surface area contributed by atoms with E-state index < -0.39 is 11.9 Å². The lowest BCUT2D eigenvalue weighted by atomic mass is 10.2. The molecule has 0 saturated carbocycles. The smallest absolute Gasteiger partial charge is 0.353 e. The lowest BCUT2D eigenvalue weighted by Crippen LogP contribution is -2.22. The molecular weight excluding hydrogens is 351 g/mol. The van der Waals surface area contributed by atoms with Crippen LogP contribution >= 0.6 is 15.9 Å². The largest absolute Gasteiger partial charge is 0.434 e. The van der Waals surface area contributed by atoms with Gasteiger partial charge in [0, 0.05) is 11.1 Å². The Kier molecular flexibility index (Phi) is 5.62. The van der Waals surface area contributed by atoms with Gasteiger partial charge in [0.1, 0.15) is 12.3 Å². The first-order chi connectivity index (χ1) is 9.97. The molecule has 114 valence electrons. The molecule has 1 aliphatic rings. The molecule has 0 bridgehead atoms. The zero-order valence-electron chi connectivity index (χ0n) is 11.0. The summed E-state index contributed by atoms with van der Waals surface area (Å²) in [6.07, 6.45) is -1.90. The van der Waals surface area contributed by atoms with Crippen LogP contribution in [-0.2, 0) is 15.7 Å². The summed E-state index contributed by atoms with van der Waals surface area (Å²) in [7, 11) is 0. The Bertz CT molecular complexity index is 545. The van der Waals surface area contributed by atoms with Crippen LogP contribution in [0.5, 0.6) is 0 Å². The number of hydrogen-bond acceptors (Lipinski definition) is 3. The van der Waals surface area contributed by atoms with Crippen LogP contribution in [0.4, 0.5) is 13.2 Å². The second-order valence-electron chi connectivity index (χ2n) is 4.43. The molecule has 0 spiro atoms. The summed E-state index contributed by atoms with van der Waals surface area (Å²) < 4.78 is 48.6. The Morgan fingerprint density at radius 3 is 2.86 bits per heavy atom. The second kappa shape index (κ2) is 7.25. The van der Waals surface area contributed by atoms with E-state index in [1.54, 1.807) is 0 Å². The highest BCUT2D eigenvalue weighted by atomic mass is 79.9. The minimum atomic E-state index is -4.51. The molecule has 0 aromatic carbocycles. The first kappa shape index (κ1) is 16.3. The summed E-state index contributed by atoms with van der Waals surface area (Å²) in [4.78, 5) is 3.50. The van der Waals surface area contributed by atoms with Crippen molar-refractivity contribution in [2.75, 3.05) is 13.2 Å². The maximum Gasteiger partial charge on any atom is 0.434 e. The van der Waals surface area contributed by atoms with Crippen LogP contribution in [0.1, 0.15) is 30.7 Å². The van der Waals surface area contributed by atoms with Crippen molar-refractivity contribution in [1.82, 2.24) is 4.98 Å². The van der Waals surface area contributed by atoms with E-state index in [2.05, 4.69) is 32.8 Å². The highest BCUT2D eigenvalue weighted by molar-refractivity contribution is 9.10. The zero-order chi connectivity index (χ0) is 15.3. The van der Waals surface area contributed by atoms with Gasteiger partial charge in [-0.1, -0.05) is 5.92 Å². The first-order valence-electron chi connectivity index (χ1n) is 6.42. The van der Waals surface area contributed by atoms with Crippen molar-refractivity contribution >= 4 is 15.9 Å². The maximum atomic E-state index is 12.7. The third kappa shape index (κ3) is 4.99. The summed E-state index contributed by atoms with van der Waals surface area (Å²) in [5.74, 6) is 5.21. The highest BCUT2D eigenvalue weighted by Crippen LogP contribution is 2.33. The number of pyridine rings is 1. The van der Waals surface area contributed by atoms with Crippen LogP contribution < -0.4 is 0 Å². The Labute approximate surface area is 129 Å². The van der Waals surface area contributed by atoms with E-state index in [-0.39, 0.29) is 23.1 Å². The SMILES string of the molecule is FC(F)(F)c1nc(C#CCOC2CCCCO2)ccc1Br.